The molecule has 0 aromatic heterocycles. The minimum Gasteiger partial charge on any atom is -0.459 e. The predicted molar refractivity (Wildman–Crippen MR) is 166 cm³/mol. The zero-order valence-corrected chi connectivity index (χ0v) is 26.8. The van der Waals surface area contributed by atoms with E-state index < -0.39 is 53.2 Å². The number of carbonyl (C=O) groups excluding carboxylic acids is 5. The van der Waals surface area contributed by atoms with Gasteiger partial charge in [0.25, 0.3) is 0 Å². The van der Waals surface area contributed by atoms with Crippen LogP contribution in [0.3, 0.4) is 0 Å². The molecular formula is C33H43N5O7. The molecule has 2 fully saturated rings. The molecule has 2 N–H and O–H groups in total. The monoisotopic (exact) mass is 621 g/mol. The van der Waals surface area contributed by atoms with E-state index in [-0.39, 0.29) is 19.1 Å². The zero-order valence-electron chi connectivity index (χ0n) is 26.8. The predicted octanol–water partition coefficient (Wildman–Crippen LogP) is 2.82. The van der Waals surface area contributed by atoms with Crippen molar-refractivity contribution in [3.8, 4) is 0 Å². The van der Waals surface area contributed by atoms with Crippen LogP contribution in [0.2, 0.25) is 0 Å². The maximum absolute atomic E-state index is 14.2. The lowest BCUT2D eigenvalue weighted by molar-refractivity contribution is -0.142. The summed E-state index contributed by atoms with van der Waals surface area (Å²) in [5, 5.41) is 5.25. The Bertz CT molecular complexity index is 1410. The van der Waals surface area contributed by atoms with E-state index >= 15 is 0 Å². The van der Waals surface area contributed by atoms with Gasteiger partial charge in [-0.3, -0.25) is 9.59 Å². The first-order valence-corrected chi connectivity index (χ1v) is 15.0. The molecule has 2 aromatic rings. The van der Waals surface area contributed by atoms with Crippen LogP contribution >= 0.6 is 0 Å². The van der Waals surface area contributed by atoms with Crippen LogP contribution in [0, 0.1) is 0 Å². The summed E-state index contributed by atoms with van der Waals surface area (Å²) in [6.07, 6.45) is -0.268. The quantitative estimate of drug-likeness (QED) is 0.411. The Labute approximate surface area is 264 Å². The molecule has 0 bridgehead atoms. The molecule has 0 saturated carbocycles. The number of amides is 5. The number of nitrogens with one attached hydrogen (secondary N) is 2. The maximum atomic E-state index is 14.2. The van der Waals surface area contributed by atoms with E-state index in [1.165, 1.54) is 13.8 Å². The van der Waals surface area contributed by atoms with Gasteiger partial charge >= 0.3 is 18.1 Å². The van der Waals surface area contributed by atoms with Crippen molar-refractivity contribution in [2.45, 2.75) is 63.8 Å². The van der Waals surface area contributed by atoms with Crippen molar-refractivity contribution in [3.63, 3.8) is 0 Å². The van der Waals surface area contributed by atoms with Crippen LogP contribution in [0.15, 0.2) is 60.7 Å². The number of piperazine rings is 1. The number of alkyl carbamates (subject to hydrolysis) is 1. The normalized spacial score (nSPS) is 19.0. The molecular weight excluding hydrogens is 578 g/mol. The van der Waals surface area contributed by atoms with Gasteiger partial charge in [0.1, 0.15) is 23.8 Å². The first kappa shape index (κ1) is 33.3. The second kappa shape index (κ2) is 13.2. The number of esters is 1. The molecule has 0 spiro atoms. The number of carbonyl (C=O) groups is 5. The average molecular weight is 622 g/mol. The third kappa shape index (κ3) is 8.11. The summed E-state index contributed by atoms with van der Waals surface area (Å²) in [6.45, 7) is 8.80. The van der Waals surface area contributed by atoms with E-state index in [1.54, 1.807) is 68.0 Å². The lowest BCUT2D eigenvalue weighted by atomic mass is 9.87. The Morgan fingerprint density at radius 2 is 1.53 bits per heavy atom. The van der Waals surface area contributed by atoms with Gasteiger partial charge in [0, 0.05) is 33.2 Å². The number of nitrogens with zero attached hydrogens (tertiary/aromatic N) is 3. The molecule has 2 aliphatic heterocycles. The van der Waals surface area contributed by atoms with Gasteiger partial charge in [0.2, 0.25) is 11.8 Å². The lowest BCUT2D eigenvalue weighted by Crippen LogP contribution is -2.66. The van der Waals surface area contributed by atoms with Crippen molar-refractivity contribution in [3.05, 3.63) is 71.8 Å². The Hall–Kier alpha value is -4.61. The summed E-state index contributed by atoms with van der Waals surface area (Å²) in [6, 6.07) is 16.7. The number of rotatable bonds is 9. The number of ether oxygens (including phenoxy) is 2. The fourth-order valence-corrected chi connectivity index (χ4v) is 5.66. The highest BCUT2D eigenvalue weighted by molar-refractivity contribution is 5.94. The van der Waals surface area contributed by atoms with Gasteiger partial charge in [0.15, 0.2) is 0 Å². The first-order chi connectivity index (χ1) is 21.1. The summed E-state index contributed by atoms with van der Waals surface area (Å²) < 4.78 is 10.8. The highest BCUT2D eigenvalue weighted by atomic mass is 16.6. The van der Waals surface area contributed by atoms with Crippen molar-refractivity contribution in [2.75, 3.05) is 39.8 Å². The molecule has 2 heterocycles. The Morgan fingerprint density at radius 3 is 2.16 bits per heavy atom. The summed E-state index contributed by atoms with van der Waals surface area (Å²) in [5.74, 6) is -1.79. The molecule has 2 aromatic carbocycles. The van der Waals surface area contributed by atoms with Crippen molar-refractivity contribution in [1.82, 2.24) is 25.3 Å². The van der Waals surface area contributed by atoms with Crippen LogP contribution in [0.4, 0.5) is 9.59 Å². The Kier molecular flexibility index (Phi) is 9.74. The lowest BCUT2D eigenvalue weighted by Gasteiger charge is -2.46. The largest absolute Gasteiger partial charge is 0.459 e. The standard InChI is InChI=1S/C33H43N5O7/c1-31(2,3)45-29(42)35-32(4,5)28(41)34-25(20-44-27(40)24-15-11-8-12-16-24)26(39)37-17-18-38-30(43)36(6)21-33(38,22-37)19-23-13-9-7-10-14-23/h7-16,25H,17-22H2,1-6H3,(H,34,41)(H,35,42)/t25-,33-/m1/s1. The Balaban J connectivity index is 1.56. The first-order valence-electron chi connectivity index (χ1n) is 15.0. The smallest absolute Gasteiger partial charge is 0.408 e. The zero-order chi connectivity index (χ0) is 33.0. The molecule has 2 aliphatic rings. The summed E-state index contributed by atoms with van der Waals surface area (Å²) in [4.78, 5) is 71.1. The van der Waals surface area contributed by atoms with E-state index in [4.69, 9.17) is 9.47 Å². The van der Waals surface area contributed by atoms with E-state index in [1.807, 2.05) is 35.2 Å². The van der Waals surface area contributed by atoms with Crippen molar-refractivity contribution < 1.29 is 33.4 Å². The van der Waals surface area contributed by atoms with Crippen molar-refractivity contribution in [2.24, 2.45) is 0 Å². The second-order valence-electron chi connectivity index (χ2n) is 13.2. The van der Waals surface area contributed by atoms with E-state index in [0.29, 0.717) is 25.1 Å². The average Bonchev–Trinajstić information content (AvgIpc) is 3.22. The third-order valence-corrected chi connectivity index (χ3v) is 7.80. The molecule has 45 heavy (non-hydrogen) atoms. The minimum atomic E-state index is -1.47. The van der Waals surface area contributed by atoms with Crippen LogP contribution < -0.4 is 10.6 Å². The number of likely N-dealkylation sites (N-methyl/N-ethyl adjacent to an activating group) is 1. The third-order valence-electron chi connectivity index (χ3n) is 7.80. The van der Waals surface area contributed by atoms with Gasteiger partial charge in [-0.2, -0.15) is 0 Å². The molecule has 12 heteroatoms. The van der Waals surface area contributed by atoms with Gasteiger partial charge in [0.05, 0.1) is 11.1 Å². The van der Waals surface area contributed by atoms with Crippen LogP contribution in [-0.4, -0.2) is 107 Å². The molecule has 12 nitrogen and oxygen atoms in total. The molecule has 0 radical (unpaired) electrons. The maximum Gasteiger partial charge on any atom is 0.408 e. The van der Waals surface area contributed by atoms with Crippen LogP contribution in [0.25, 0.3) is 0 Å². The molecule has 4 rings (SSSR count). The van der Waals surface area contributed by atoms with Gasteiger partial charge in [-0.25, -0.2) is 14.4 Å². The molecule has 0 aliphatic carbocycles. The fraction of sp³-hybridized carbons (Fsp3) is 0.485. The molecule has 2 saturated heterocycles. The van der Waals surface area contributed by atoms with Gasteiger partial charge in [-0.1, -0.05) is 48.5 Å². The van der Waals surface area contributed by atoms with Gasteiger partial charge in [-0.15, -0.1) is 0 Å². The SMILES string of the molecule is CN1C[C@]2(Cc3ccccc3)CN(C(=O)[C@@H](COC(=O)c3ccccc3)NC(=O)C(C)(C)NC(=O)OC(C)(C)C)CCN2C1=O. The summed E-state index contributed by atoms with van der Waals surface area (Å²) in [5.41, 5.74) is -1.62. The molecule has 242 valence electrons. The van der Waals surface area contributed by atoms with Crippen LogP contribution in [0.1, 0.15) is 50.5 Å². The highest BCUT2D eigenvalue weighted by Crippen LogP contribution is 2.33. The molecule has 0 unspecified atom stereocenters. The molecule has 5 amide bonds. The Morgan fingerprint density at radius 1 is 0.911 bits per heavy atom. The van der Waals surface area contributed by atoms with Crippen molar-refractivity contribution in [1.29, 1.82) is 0 Å². The number of benzene rings is 2. The minimum absolute atomic E-state index is 0.102. The fourth-order valence-electron chi connectivity index (χ4n) is 5.66. The summed E-state index contributed by atoms with van der Waals surface area (Å²) in [7, 11) is 1.74. The molecule has 2 atom stereocenters. The second-order valence-corrected chi connectivity index (χ2v) is 13.2. The topological polar surface area (TPSA) is 138 Å². The number of urea groups is 1. The van der Waals surface area contributed by atoms with E-state index in [9.17, 15) is 24.0 Å². The van der Waals surface area contributed by atoms with Crippen LogP contribution in [-0.2, 0) is 25.5 Å². The number of hydrogen-bond donors (Lipinski definition) is 2. The van der Waals surface area contributed by atoms with E-state index in [0.717, 1.165) is 5.56 Å². The van der Waals surface area contributed by atoms with Gasteiger partial charge in [-0.05, 0) is 58.7 Å². The van der Waals surface area contributed by atoms with E-state index in [2.05, 4.69) is 10.6 Å². The van der Waals surface area contributed by atoms with Crippen LogP contribution in [0.5, 0.6) is 0 Å². The van der Waals surface area contributed by atoms with Crippen molar-refractivity contribution >= 4 is 29.9 Å². The van der Waals surface area contributed by atoms with Gasteiger partial charge < -0.3 is 34.8 Å². The highest BCUT2D eigenvalue weighted by Gasteiger charge is 2.52. The number of fused-ring (bicyclic) bond motifs is 1. The number of hydrogen-bond acceptors (Lipinski definition) is 7. The summed E-state index contributed by atoms with van der Waals surface area (Å²) >= 11 is 0.